The maximum absolute atomic E-state index is 12.1. The second-order valence-corrected chi connectivity index (χ2v) is 5.22. The van der Waals surface area contributed by atoms with Gasteiger partial charge in [0.2, 0.25) is 0 Å². The first-order valence-corrected chi connectivity index (χ1v) is 5.37. The van der Waals surface area contributed by atoms with Gasteiger partial charge in [-0.2, -0.15) is 0 Å². The molecular formula is C10H19N3O4. The highest BCUT2D eigenvalue weighted by Crippen LogP contribution is 2.30. The molecule has 1 aliphatic rings. The standard InChI is InChI=1S/C10H19N3O4/c1-6(2)10(7(14)16-9(3,4)5)13(11)12-8(15)17-10/h6H,11H2,1-5H3,(H,12,15). The lowest BCUT2D eigenvalue weighted by Crippen LogP contribution is -2.62. The first kappa shape index (κ1) is 13.7. The van der Waals surface area contributed by atoms with E-state index < -0.39 is 23.4 Å². The molecular weight excluding hydrogens is 226 g/mol. The van der Waals surface area contributed by atoms with Crippen molar-refractivity contribution in [3.8, 4) is 0 Å². The fraction of sp³-hybridized carbons (Fsp3) is 0.800. The predicted molar refractivity (Wildman–Crippen MR) is 59.1 cm³/mol. The third kappa shape index (κ3) is 2.50. The molecule has 0 bridgehead atoms. The lowest BCUT2D eigenvalue weighted by atomic mass is 9.99. The monoisotopic (exact) mass is 245 g/mol. The summed E-state index contributed by atoms with van der Waals surface area (Å²) in [4.78, 5) is 23.3. The van der Waals surface area contributed by atoms with E-state index in [1.807, 2.05) is 0 Å². The SMILES string of the molecule is CC(C)C1(C(=O)OC(C)(C)C)OC(=O)NN1N. The highest BCUT2D eigenvalue weighted by atomic mass is 16.7. The van der Waals surface area contributed by atoms with Crippen molar-refractivity contribution in [1.82, 2.24) is 10.5 Å². The first-order valence-electron chi connectivity index (χ1n) is 5.37. The van der Waals surface area contributed by atoms with Crippen LogP contribution < -0.4 is 11.3 Å². The van der Waals surface area contributed by atoms with E-state index >= 15 is 0 Å². The first-order chi connectivity index (χ1) is 7.59. The van der Waals surface area contributed by atoms with Gasteiger partial charge in [0.1, 0.15) is 5.60 Å². The molecule has 1 saturated heterocycles. The smallest absolute Gasteiger partial charge is 0.425 e. The molecule has 1 fully saturated rings. The largest absolute Gasteiger partial charge is 0.456 e. The number of esters is 1. The Bertz CT molecular complexity index is 337. The second-order valence-electron chi connectivity index (χ2n) is 5.22. The number of nitrogens with zero attached hydrogens (tertiary/aromatic N) is 1. The van der Waals surface area contributed by atoms with E-state index in [1.165, 1.54) is 0 Å². The number of hydrogen-bond acceptors (Lipinski definition) is 6. The fourth-order valence-electron chi connectivity index (χ4n) is 1.52. The van der Waals surface area contributed by atoms with Gasteiger partial charge < -0.3 is 9.47 Å². The minimum absolute atomic E-state index is 0.360. The molecule has 0 saturated carbocycles. The average molecular weight is 245 g/mol. The zero-order chi connectivity index (χ0) is 13.4. The zero-order valence-electron chi connectivity index (χ0n) is 10.7. The van der Waals surface area contributed by atoms with Crippen molar-refractivity contribution < 1.29 is 19.1 Å². The average Bonchev–Trinajstić information content (AvgIpc) is 2.38. The normalized spacial score (nSPS) is 25.7. The lowest BCUT2D eigenvalue weighted by molar-refractivity contribution is -0.200. The second kappa shape index (κ2) is 4.15. The maximum Gasteiger partial charge on any atom is 0.425 e. The fourth-order valence-corrected chi connectivity index (χ4v) is 1.52. The van der Waals surface area contributed by atoms with Crippen molar-refractivity contribution in [3.05, 3.63) is 0 Å². The van der Waals surface area contributed by atoms with Crippen LogP contribution >= 0.6 is 0 Å². The molecule has 1 rings (SSSR count). The Morgan fingerprint density at radius 3 is 2.35 bits per heavy atom. The molecule has 3 N–H and O–H groups in total. The Hall–Kier alpha value is -1.34. The molecule has 7 nitrogen and oxygen atoms in total. The third-order valence-electron chi connectivity index (χ3n) is 2.29. The van der Waals surface area contributed by atoms with Gasteiger partial charge in [-0.3, -0.25) is 0 Å². The maximum atomic E-state index is 12.1. The Morgan fingerprint density at radius 1 is 1.53 bits per heavy atom. The number of cyclic esters (lactones) is 1. The number of amides is 1. The van der Waals surface area contributed by atoms with E-state index in [0.717, 1.165) is 5.12 Å². The molecule has 98 valence electrons. The van der Waals surface area contributed by atoms with Crippen LogP contribution in [0.5, 0.6) is 0 Å². The number of ether oxygens (including phenoxy) is 2. The van der Waals surface area contributed by atoms with Gasteiger partial charge in [-0.1, -0.05) is 13.8 Å². The summed E-state index contributed by atoms with van der Waals surface area (Å²) in [5.74, 6) is 4.55. The molecule has 0 aromatic carbocycles. The van der Waals surface area contributed by atoms with Crippen molar-refractivity contribution in [2.75, 3.05) is 0 Å². The predicted octanol–water partition coefficient (Wildman–Crippen LogP) is 0.511. The van der Waals surface area contributed by atoms with Gasteiger partial charge in [0.25, 0.3) is 5.72 Å². The highest BCUT2D eigenvalue weighted by Gasteiger charge is 2.57. The summed E-state index contributed by atoms with van der Waals surface area (Å²) in [6, 6.07) is 0. The van der Waals surface area contributed by atoms with Gasteiger partial charge in [0, 0.05) is 5.92 Å². The Kier molecular flexibility index (Phi) is 3.35. The molecule has 7 heteroatoms. The van der Waals surface area contributed by atoms with Gasteiger partial charge in [-0.25, -0.2) is 20.9 Å². The van der Waals surface area contributed by atoms with Crippen LogP contribution in [0.15, 0.2) is 0 Å². The molecule has 1 unspecified atom stereocenters. The molecule has 17 heavy (non-hydrogen) atoms. The van der Waals surface area contributed by atoms with Crippen molar-refractivity contribution in [2.45, 2.75) is 45.9 Å². The number of hydrogen-bond donors (Lipinski definition) is 2. The van der Waals surface area contributed by atoms with Crippen LogP contribution in [0.3, 0.4) is 0 Å². The summed E-state index contributed by atoms with van der Waals surface area (Å²) in [7, 11) is 0. The van der Waals surface area contributed by atoms with Gasteiger partial charge in [0.05, 0.1) is 0 Å². The van der Waals surface area contributed by atoms with E-state index in [1.54, 1.807) is 34.6 Å². The van der Waals surface area contributed by atoms with Crippen LogP contribution in [0.25, 0.3) is 0 Å². The summed E-state index contributed by atoms with van der Waals surface area (Å²) in [5.41, 5.74) is -0.102. The number of rotatable bonds is 2. The minimum atomic E-state index is -1.62. The number of nitrogens with one attached hydrogen (secondary N) is 1. The molecule has 0 radical (unpaired) electrons. The molecule has 0 aromatic heterocycles. The van der Waals surface area contributed by atoms with Gasteiger partial charge in [-0.05, 0) is 20.8 Å². The Labute approximate surface area is 100 Å². The Balaban J connectivity index is 3.02. The zero-order valence-corrected chi connectivity index (χ0v) is 10.7. The van der Waals surface area contributed by atoms with Crippen LogP contribution in [-0.2, 0) is 14.3 Å². The molecule has 0 aromatic rings. The number of hydrazine groups is 2. The van der Waals surface area contributed by atoms with Crippen molar-refractivity contribution >= 4 is 12.1 Å². The van der Waals surface area contributed by atoms with Gasteiger partial charge in [-0.15, -0.1) is 5.12 Å². The van der Waals surface area contributed by atoms with E-state index in [2.05, 4.69) is 5.43 Å². The van der Waals surface area contributed by atoms with Crippen LogP contribution in [-0.4, -0.2) is 28.5 Å². The quantitative estimate of drug-likeness (QED) is 0.544. The van der Waals surface area contributed by atoms with E-state index in [9.17, 15) is 9.59 Å². The van der Waals surface area contributed by atoms with E-state index in [4.69, 9.17) is 15.3 Å². The highest BCUT2D eigenvalue weighted by molar-refractivity contribution is 5.85. The summed E-state index contributed by atoms with van der Waals surface area (Å²) in [5, 5.41) is 0.855. The summed E-state index contributed by atoms with van der Waals surface area (Å²) >= 11 is 0. The van der Waals surface area contributed by atoms with Crippen molar-refractivity contribution in [1.29, 1.82) is 0 Å². The molecule has 1 aliphatic heterocycles. The lowest BCUT2D eigenvalue weighted by Gasteiger charge is -2.34. The summed E-state index contributed by atoms with van der Waals surface area (Å²) in [6.07, 6.45) is -0.771. The molecule has 0 aliphatic carbocycles. The van der Waals surface area contributed by atoms with E-state index in [0.29, 0.717) is 0 Å². The Morgan fingerprint density at radius 2 is 2.06 bits per heavy atom. The van der Waals surface area contributed by atoms with E-state index in [-0.39, 0.29) is 5.92 Å². The van der Waals surface area contributed by atoms with Crippen LogP contribution in [0.2, 0.25) is 0 Å². The number of carbonyl (C=O) groups excluding carboxylic acids is 2. The molecule has 1 atom stereocenters. The van der Waals surface area contributed by atoms with Gasteiger partial charge in [0.15, 0.2) is 0 Å². The van der Waals surface area contributed by atoms with Crippen LogP contribution in [0.4, 0.5) is 4.79 Å². The molecule has 1 amide bonds. The molecule has 1 heterocycles. The van der Waals surface area contributed by atoms with Crippen LogP contribution in [0, 0.1) is 5.92 Å². The number of carbonyl (C=O) groups is 2. The minimum Gasteiger partial charge on any atom is -0.456 e. The topological polar surface area (TPSA) is 93.9 Å². The summed E-state index contributed by atoms with van der Waals surface area (Å²) < 4.78 is 10.2. The summed E-state index contributed by atoms with van der Waals surface area (Å²) in [6.45, 7) is 8.60. The van der Waals surface area contributed by atoms with Crippen molar-refractivity contribution in [2.24, 2.45) is 11.8 Å². The van der Waals surface area contributed by atoms with Gasteiger partial charge >= 0.3 is 12.1 Å². The molecule has 0 spiro atoms. The van der Waals surface area contributed by atoms with Crippen molar-refractivity contribution in [3.63, 3.8) is 0 Å². The number of nitrogens with two attached hydrogens (primary N) is 1. The van der Waals surface area contributed by atoms with Crippen LogP contribution in [0.1, 0.15) is 34.6 Å². The third-order valence-corrected chi connectivity index (χ3v) is 2.29.